The molecule has 0 N–H and O–H groups in total. The van der Waals surface area contributed by atoms with Crippen LogP contribution in [-0.2, 0) is 20.9 Å². The monoisotopic (exact) mass is 346 g/mol. The first-order chi connectivity index (χ1) is 12.1. The maximum atomic E-state index is 13.4. The first-order valence-electron chi connectivity index (χ1n) is 8.98. The van der Waals surface area contributed by atoms with Gasteiger partial charge in [0.2, 0.25) is 11.8 Å². The van der Waals surface area contributed by atoms with Crippen LogP contribution in [0.15, 0.2) is 24.3 Å². The first-order valence-corrected chi connectivity index (χ1v) is 8.98. The average molecular weight is 346 g/mol. The molecule has 0 saturated carbocycles. The Balaban J connectivity index is 1.42. The molecule has 25 heavy (non-hydrogen) atoms. The number of rotatable bonds is 3. The Morgan fingerprint density at radius 1 is 1.32 bits per heavy atom. The minimum Gasteiger partial charge on any atom is -0.381 e. The van der Waals surface area contributed by atoms with Crippen molar-refractivity contribution in [1.29, 1.82) is 0 Å². The minimum atomic E-state index is -0.442. The van der Waals surface area contributed by atoms with Gasteiger partial charge in [0.1, 0.15) is 5.82 Å². The van der Waals surface area contributed by atoms with Crippen molar-refractivity contribution in [3.63, 3.8) is 0 Å². The molecule has 134 valence electrons. The third-order valence-corrected chi connectivity index (χ3v) is 5.81. The molecule has 3 aliphatic heterocycles. The molecule has 4 rings (SSSR count). The molecular formula is C19H23FN2O3. The van der Waals surface area contributed by atoms with E-state index in [1.165, 1.54) is 12.1 Å². The zero-order chi connectivity index (χ0) is 17.4. The van der Waals surface area contributed by atoms with Gasteiger partial charge < -0.3 is 14.5 Å². The lowest BCUT2D eigenvalue weighted by atomic mass is 9.85. The lowest BCUT2D eigenvalue weighted by Gasteiger charge is -2.25. The smallest absolute Gasteiger partial charge is 0.231 e. The van der Waals surface area contributed by atoms with E-state index in [2.05, 4.69) is 0 Å². The van der Waals surface area contributed by atoms with Crippen molar-refractivity contribution in [3.05, 3.63) is 35.6 Å². The van der Waals surface area contributed by atoms with Crippen LogP contribution in [0.4, 0.5) is 4.39 Å². The Bertz CT molecular complexity index is 689. The zero-order valence-corrected chi connectivity index (χ0v) is 14.2. The maximum Gasteiger partial charge on any atom is 0.231 e. The molecule has 2 amide bonds. The van der Waals surface area contributed by atoms with Crippen LogP contribution in [0.3, 0.4) is 0 Å². The third kappa shape index (κ3) is 3.03. The van der Waals surface area contributed by atoms with Gasteiger partial charge in [-0.3, -0.25) is 9.59 Å². The molecule has 1 aromatic rings. The van der Waals surface area contributed by atoms with Crippen LogP contribution in [0.25, 0.3) is 0 Å². The molecule has 6 heteroatoms. The number of carbonyl (C=O) groups excluding carboxylic acids is 2. The van der Waals surface area contributed by atoms with Gasteiger partial charge in [-0.25, -0.2) is 4.39 Å². The Labute approximate surface area is 146 Å². The van der Waals surface area contributed by atoms with Crippen LogP contribution in [0.5, 0.6) is 0 Å². The largest absolute Gasteiger partial charge is 0.381 e. The summed E-state index contributed by atoms with van der Waals surface area (Å²) in [5.74, 6) is -0.0918. The van der Waals surface area contributed by atoms with Crippen LogP contribution in [0.2, 0.25) is 0 Å². The van der Waals surface area contributed by atoms with E-state index >= 15 is 0 Å². The first kappa shape index (κ1) is 16.5. The van der Waals surface area contributed by atoms with Crippen molar-refractivity contribution in [1.82, 2.24) is 9.80 Å². The van der Waals surface area contributed by atoms with Crippen LogP contribution < -0.4 is 0 Å². The second kappa shape index (κ2) is 6.41. The molecule has 5 nitrogen and oxygen atoms in total. The number of carbonyl (C=O) groups is 2. The molecule has 0 aliphatic carbocycles. The van der Waals surface area contributed by atoms with Gasteiger partial charge in [0.15, 0.2) is 0 Å². The van der Waals surface area contributed by atoms with Crippen molar-refractivity contribution in [2.24, 2.45) is 11.3 Å². The number of amides is 2. The molecule has 0 aromatic heterocycles. The molecule has 1 aromatic carbocycles. The molecule has 3 heterocycles. The van der Waals surface area contributed by atoms with E-state index in [1.807, 2.05) is 11.0 Å². The molecular weight excluding hydrogens is 323 g/mol. The van der Waals surface area contributed by atoms with E-state index in [0.717, 1.165) is 24.8 Å². The van der Waals surface area contributed by atoms with Gasteiger partial charge in [0.05, 0.1) is 17.9 Å². The van der Waals surface area contributed by atoms with E-state index in [1.54, 1.807) is 11.0 Å². The number of halogens is 1. The van der Waals surface area contributed by atoms with Crippen molar-refractivity contribution in [3.8, 4) is 0 Å². The third-order valence-electron chi connectivity index (χ3n) is 5.81. The highest BCUT2D eigenvalue weighted by molar-refractivity contribution is 5.87. The Morgan fingerprint density at radius 3 is 2.92 bits per heavy atom. The summed E-state index contributed by atoms with van der Waals surface area (Å²) in [6.07, 6.45) is 2.28. The van der Waals surface area contributed by atoms with Crippen LogP contribution in [-0.4, -0.2) is 54.5 Å². The number of hydrogen-bond acceptors (Lipinski definition) is 3. The van der Waals surface area contributed by atoms with E-state index in [0.29, 0.717) is 39.4 Å². The Hall–Kier alpha value is -1.95. The van der Waals surface area contributed by atoms with Gasteiger partial charge in [-0.15, -0.1) is 0 Å². The predicted octanol–water partition coefficient (Wildman–Crippen LogP) is 1.81. The van der Waals surface area contributed by atoms with Crippen LogP contribution >= 0.6 is 0 Å². The van der Waals surface area contributed by atoms with Crippen LogP contribution in [0, 0.1) is 17.2 Å². The molecule has 3 fully saturated rings. The lowest BCUT2D eigenvalue weighted by molar-refractivity contribution is -0.138. The maximum absolute atomic E-state index is 13.4. The summed E-state index contributed by atoms with van der Waals surface area (Å²) in [6.45, 7) is 3.42. The Kier molecular flexibility index (Phi) is 4.23. The molecule has 2 atom stereocenters. The number of benzene rings is 1. The molecule has 3 saturated heterocycles. The quantitative estimate of drug-likeness (QED) is 0.839. The second-order valence-corrected chi connectivity index (χ2v) is 7.46. The van der Waals surface area contributed by atoms with E-state index in [4.69, 9.17) is 4.74 Å². The summed E-state index contributed by atoms with van der Waals surface area (Å²) in [5, 5.41) is 0. The average Bonchev–Trinajstić information content (AvgIpc) is 3.33. The molecule has 1 spiro atoms. The second-order valence-electron chi connectivity index (χ2n) is 7.46. The fourth-order valence-electron chi connectivity index (χ4n) is 4.33. The van der Waals surface area contributed by atoms with Gasteiger partial charge in [-0.2, -0.15) is 0 Å². The van der Waals surface area contributed by atoms with Gasteiger partial charge >= 0.3 is 0 Å². The van der Waals surface area contributed by atoms with Crippen molar-refractivity contribution in [2.45, 2.75) is 25.8 Å². The summed E-state index contributed by atoms with van der Waals surface area (Å²) in [7, 11) is 0. The van der Waals surface area contributed by atoms with Crippen molar-refractivity contribution >= 4 is 11.8 Å². The van der Waals surface area contributed by atoms with Gasteiger partial charge in [-0.1, -0.05) is 12.1 Å². The topological polar surface area (TPSA) is 49.9 Å². The highest BCUT2D eigenvalue weighted by Gasteiger charge is 2.52. The molecule has 3 aliphatic rings. The standard InChI is InChI=1S/C19H23FN2O3/c20-16-3-1-2-14(10-16)11-21-7-5-19(18(21)24)6-8-22(13-19)17(23)15-4-9-25-12-15/h1-3,10,15H,4-9,11-13H2/t15-,19-/m1/s1. The summed E-state index contributed by atoms with van der Waals surface area (Å²) in [5.41, 5.74) is 0.363. The van der Waals surface area contributed by atoms with Crippen molar-refractivity contribution < 1.29 is 18.7 Å². The highest BCUT2D eigenvalue weighted by atomic mass is 19.1. The minimum absolute atomic E-state index is 0.0462. The summed E-state index contributed by atoms with van der Waals surface area (Å²) < 4.78 is 18.7. The molecule has 0 unspecified atom stereocenters. The van der Waals surface area contributed by atoms with Gasteiger partial charge in [0.25, 0.3) is 0 Å². The van der Waals surface area contributed by atoms with Gasteiger partial charge in [0, 0.05) is 32.8 Å². The van der Waals surface area contributed by atoms with E-state index < -0.39 is 5.41 Å². The predicted molar refractivity (Wildman–Crippen MR) is 89.0 cm³/mol. The fourth-order valence-corrected chi connectivity index (χ4v) is 4.33. The number of hydrogen-bond donors (Lipinski definition) is 0. The lowest BCUT2D eigenvalue weighted by Crippen LogP contribution is -2.40. The number of likely N-dealkylation sites (tertiary alicyclic amines) is 2. The zero-order valence-electron chi connectivity index (χ0n) is 14.2. The van der Waals surface area contributed by atoms with Crippen LogP contribution in [0.1, 0.15) is 24.8 Å². The van der Waals surface area contributed by atoms with Gasteiger partial charge in [-0.05, 0) is 37.0 Å². The summed E-state index contributed by atoms with van der Waals surface area (Å²) >= 11 is 0. The van der Waals surface area contributed by atoms with E-state index in [-0.39, 0.29) is 23.5 Å². The molecule has 0 bridgehead atoms. The SMILES string of the molecule is O=C([C@@H]1CCOC1)N1CC[C@]2(CCN(Cc3cccc(F)c3)C2=O)C1. The normalized spacial score (nSPS) is 29.2. The van der Waals surface area contributed by atoms with Crippen molar-refractivity contribution in [2.75, 3.05) is 32.8 Å². The Morgan fingerprint density at radius 2 is 2.16 bits per heavy atom. The summed E-state index contributed by atoms with van der Waals surface area (Å²) in [6, 6.07) is 6.39. The fraction of sp³-hybridized carbons (Fsp3) is 0.579. The molecule has 0 radical (unpaired) electrons. The number of nitrogens with zero attached hydrogens (tertiary/aromatic N) is 2. The highest BCUT2D eigenvalue weighted by Crippen LogP contribution is 2.41. The van der Waals surface area contributed by atoms with E-state index in [9.17, 15) is 14.0 Å². The summed E-state index contributed by atoms with van der Waals surface area (Å²) in [4.78, 5) is 29.2. The number of ether oxygens (including phenoxy) is 1.